The number of aliphatic hydroxyl groups is 1. The van der Waals surface area contributed by atoms with Gasteiger partial charge in [0, 0.05) is 11.9 Å². The highest BCUT2D eigenvalue weighted by Crippen LogP contribution is 2.23. The lowest BCUT2D eigenvalue weighted by Gasteiger charge is -2.30. The highest BCUT2D eigenvalue weighted by molar-refractivity contribution is 6.06. The summed E-state index contributed by atoms with van der Waals surface area (Å²) < 4.78 is 6.98. The van der Waals surface area contributed by atoms with Crippen LogP contribution in [0.3, 0.4) is 0 Å². The molecular formula is C28H30N8O5. The summed E-state index contributed by atoms with van der Waals surface area (Å²) in [7, 11) is 0. The third kappa shape index (κ3) is 6.92. The van der Waals surface area contributed by atoms with Crippen LogP contribution in [0.2, 0.25) is 0 Å². The van der Waals surface area contributed by atoms with E-state index in [1.165, 1.54) is 0 Å². The van der Waals surface area contributed by atoms with Crippen LogP contribution >= 0.6 is 0 Å². The fourth-order valence-corrected chi connectivity index (χ4v) is 4.07. The molecule has 0 aliphatic carbocycles. The highest BCUT2D eigenvalue weighted by atomic mass is 16.4. The fourth-order valence-electron chi connectivity index (χ4n) is 4.07. The number of fused-ring (bicyclic) bond motifs is 1. The van der Waals surface area contributed by atoms with E-state index in [9.17, 15) is 14.4 Å². The topological polar surface area (TPSA) is 188 Å². The van der Waals surface area contributed by atoms with Gasteiger partial charge in [-0.3, -0.25) is 19.1 Å². The van der Waals surface area contributed by atoms with Crippen molar-refractivity contribution >= 4 is 28.6 Å². The van der Waals surface area contributed by atoms with Crippen LogP contribution in [0.15, 0.2) is 52.9 Å². The van der Waals surface area contributed by atoms with E-state index in [0.29, 0.717) is 17.5 Å². The molecule has 4 N–H and O–H groups in total. The first kappa shape index (κ1) is 28.9. The molecule has 41 heavy (non-hydrogen) atoms. The standard InChI is InChI=1S/C28H30N8O5/c1-28(2,3)23(25(39)31-15-21-33-34-27(41-21)26(40)30-12-13-37)32-24(38)22-19-6-4-5-7-20(19)36(35-22)16-18-10-8-17(14-29)9-11-18/h4-11,23,37H,12-13,15-16H2,1-3H3,(H,30,40)(H,31,39)(H,32,38). The van der Waals surface area contributed by atoms with Gasteiger partial charge in [0.1, 0.15) is 6.04 Å². The quantitative estimate of drug-likeness (QED) is 0.224. The molecule has 13 heteroatoms. The Kier molecular flexibility index (Phi) is 8.74. The van der Waals surface area contributed by atoms with Gasteiger partial charge >= 0.3 is 11.8 Å². The van der Waals surface area contributed by atoms with E-state index in [4.69, 9.17) is 14.8 Å². The number of hydrogen-bond acceptors (Lipinski definition) is 9. The van der Waals surface area contributed by atoms with Gasteiger partial charge in [-0.2, -0.15) is 10.4 Å². The van der Waals surface area contributed by atoms with Crippen LogP contribution < -0.4 is 16.0 Å². The van der Waals surface area contributed by atoms with E-state index >= 15 is 0 Å². The van der Waals surface area contributed by atoms with Crippen molar-refractivity contribution in [3.05, 3.63) is 77.1 Å². The lowest BCUT2D eigenvalue weighted by molar-refractivity contribution is -0.125. The normalized spacial score (nSPS) is 12.0. The average molecular weight is 559 g/mol. The Hall–Kier alpha value is -5.09. The zero-order valence-electron chi connectivity index (χ0n) is 22.8. The number of hydrogen-bond donors (Lipinski definition) is 4. The zero-order chi connectivity index (χ0) is 29.6. The number of carbonyl (C=O) groups is 3. The smallest absolute Gasteiger partial charge is 0.308 e. The Labute approximate surface area is 235 Å². The van der Waals surface area contributed by atoms with E-state index < -0.39 is 29.2 Å². The van der Waals surface area contributed by atoms with E-state index in [2.05, 4.69) is 37.3 Å². The maximum Gasteiger partial charge on any atom is 0.308 e. The summed E-state index contributed by atoms with van der Waals surface area (Å²) >= 11 is 0. The first-order chi connectivity index (χ1) is 19.6. The predicted molar refractivity (Wildman–Crippen MR) is 146 cm³/mol. The summed E-state index contributed by atoms with van der Waals surface area (Å²) in [6.07, 6.45) is 0. The minimum atomic E-state index is -0.951. The van der Waals surface area contributed by atoms with Crippen LogP contribution in [-0.2, 0) is 17.9 Å². The molecule has 0 fully saturated rings. The third-order valence-corrected chi connectivity index (χ3v) is 6.16. The second kappa shape index (κ2) is 12.4. The van der Waals surface area contributed by atoms with E-state index in [1.54, 1.807) is 22.9 Å². The monoisotopic (exact) mass is 558 g/mol. The van der Waals surface area contributed by atoms with Gasteiger partial charge in [0.25, 0.3) is 5.91 Å². The SMILES string of the molecule is CC(C)(C)C(NC(=O)c1nn(Cc2ccc(C#N)cc2)c2ccccc12)C(=O)NCc1nnc(C(=O)NCCO)o1. The van der Waals surface area contributed by atoms with Crippen LogP contribution in [0, 0.1) is 16.7 Å². The van der Waals surface area contributed by atoms with Crippen molar-refractivity contribution < 1.29 is 23.9 Å². The molecule has 13 nitrogen and oxygen atoms in total. The zero-order valence-corrected chi connectivity index (χ0v) is 22.8. The van der Waals surface area contributed by atoms with Gasteiger partial charge in [-0.05, 0) is 29.2 Å². The molecule has 212 valence electrons. The Morgan fingerprint density at radius 2 is 1.78 bits per heavy atom. The first-order valence-electron chi connectivity index (χ1n) is 12.9. The van der Waals surface area contributed by atoms with Crippen molar-refractivity contribution in [2.75, 3.05) is 13.2 Å². The molecule has 0 saturated heterocycles. The average Bonchev–Trinajstić information content (AvgIpc) is 3.58. The summed E-state index contributed by atoms with van der Waals surface area (Å²) in [5.41, 5.74) is 1.70. The highest BCUT2D eigenvalue weighted by Gasteiger charge is 2.34. The van der Waals surface area contributed by atoms with Crippen LogP contribution in [-0.4, -0.2) is 62.0 Å². The Morgan fingerprint density at radius 1 is 1.05 bits per heavy atom. The molecular weight excluding hydrogens is 528 g/mol. The maximum atomic E-state index is 13.5. The molecule has 2 aromatic carbocycles. The van der Waals surface area contributed by atoms with Crippen molar-refractivity contribution in [3.8, 4) is 6.07 Å². The van der Waals surface area contributed by atoms with Gasteiger partial charge in [-0.1, -0.05) is 51.1 Å². The van der Waals surface area contributed by atoms with Crippen LogP contribution in [0.5, 0.6) is 0 Å². The van der Waals surface area contributed by atoms with Gasteiger partial charge in [-0.15, -0.1) is 10.2 Å². The number of rotatable bonds is 10. The van der Waals surface area contributed by atoms with Crippen molar-refractivity contribution in [2.45, 2.75) is 39.9 Å². The molecule has 1 unspecified atom stereocenters. The Bertz CT molecular complexity index is 1590. The molecule has 0 aliphatic heterocycles. The minimum Gasteiger partial charge on any atom is -0.415 e. The lowest BCUT2D eigenvalue weighted by atomic mass is 9.86. The van der Waals surface area contributed by atoms with E-state index in [1.807, 2.05) is 51.1 Å². The molecule has 0 radical (unpaired) electrons. The fraction of sp³-hybridized carbons (Fsp3) is 0.321. The van der Waals surface area contributed by atoms with Crippen LogP contribution in [0.25, 0.3) is 10.9 Å². The van der Waals surface area contributed by atoms with Crippen molar-refractivity contribution in [1.29, 1.82) is 5.26 Å². The van der Waals surface area contributed by atoms with Crippen molar-refractivity contribution in [1.82, 2.24) is 35.9 Å². The molecule has 0 spiro atoms. The molecule has 4 aromatic rings. The van der Waals surface area contributed by atoms with Crippen molar-refractivity contribution in [2.24, 2.45) is 5.41 Å². The van der Waals surface area contributed by atoms with Crippen LogP contribution in [0.1, 0.15) is 59.0 Å². The number of nitriles is 1. The predicted octanol–water partition coefficient (Wildman–Crippen LogP) is 1.52. The second-order valence-electron chi connectivity index (χ2n) is 10.3. The minimum absolute atomic E-state index is 0.000904. The summed E-state index contributed by atoms with van der Waals surface area (Å²) in [5.74, 6) is -1.95. The number of aromatic nitrogens is 4. The second-order valence-corrected chi connectivity index (χ2v) is 10.3. The van der Waals surface area contributed by atoms with Gasteiger partial charge in [0.2, 0.25) is 11.8 Å². The Morgan fingerprint density at radius 3 is 2.46 bits per heavy atom. The molecule has 2 aromatic heterocycles. The van der Waals surface area contributed by atoms with Gasteiger partial charge in [0.05, 0.1) is 36.8 Å². The third-order valence-electron chi connectivity index (χ3n) is 6.16. The van der Waals surface area contributed by atoms with E-state index in [-0.39, 0.29) is 37.2 Å². The number of benzene rings is 2. The number of nitrogens with zero attached hydrogens (tertiary/aromatic N) is 5. The number of carbonyl (C=O) groups excluding carboxylic acids is 3. The summed E-state index contributed by atoms with van der Waals surface area (Å²) in [5, 5.41) is 38.4. The number of nitrogens with one attached hydrogen (secondary N) is 3. The number of amides is 3. The molecule has 0 bridgehead atoms. The molecule has 0 saturated carbocycles. The maximum absolute atomic E-state index is 13.5. The van der Waals surface area contributed by atoms with Crippen LogP contribution in [0.4, 0.5) is 0 Å². The summed E-state index contributed by atoms with van der Waals surface area (Å²) in [6.45, 7) is 5.45. The molecule has 3 amide bonds. The molecule has 1 atom stereocenters. The van der Waals surface area contributed by atoms with E-state index in [0.717, 1.165) is 11.1 Å². The molecule has 0 aliphatic rings. The molecule has 2 heterocycles. The van der Waals surface area contributed by atoms with Gasteiger partial charge in [0.15, 0.2) is 5.69 Å². The van der Waals surface area contributed by atoms with Gasteiger partial charge < -0.3 is 25.5 Å². The van der Waals surface area contributed by atoms with Gasteiger partial charge in [-0.25, -0.2) is 0 Å². The summed E-state index contributed by atoms with van der Waals surface area (Å²) in [4.78, 5) is 38.6. The molecule has 4 rings (SSSR count). The Balaban J connectivity index is 1.49. The largest absolute Gasteiger partial charge is 0.415 e. The summed E-state index contributed by atoms with van der Waals surface area (Å²) in [6, 6.07) is 15.6. The number of aliphatic hydroxyl groups excluding tert-OH is 1. The number of para-hydroxylation sites is 1. The van der Waals surface area contributed by atoms with Crippen molar-refractivity contribution in [3.63, 3.8) is 0 Å². The first-order valence-corrected chi connectivity index (χ1v) is 12.9. The lowest BCUT2D eigenvalue weighted by Crippen LogP contribution is -2.53.